The number of rotatable bonds is 0. The summed E-state index contributed by atoms with van der Waals surface area (Å²) < 4.78 is 0.139. The zero-order chi connectivity index (χ0) is 3.58. The van der Waals surface area contributed by atoms with E-state index in [1.165, 1.54) is 0 Å². The molecule has 0 rings (SSSR count). The molecule has 0 radical (unpaired) electrons. The van der Waals surface area contributed by atoms with Crippen LogP contribution in [-0.2, 0) is 0 Å². The van der Waals surface area contributed by atoms with Crippen molar-refractivity contribution in [3.8, 4) is 0 Å². The van der Waals surface area contributed by atoms with E-state index < -0.39 is 0 Å². The highest BCUT2D eigenvalue weighted by Gasteiger charge is 1.58. The molecule has 1 nitrogen and oxygen atoms in total. The minimum Gasteiger partial charge on any atom is -0.508 e. The van der Waals surface area contributed by atoms with Crippen LogP contribution < -0.4 is 0 Å². The van der Waals surface area contributed by atoms with Gasteiger partial charge in [-0.25, -0.2) is 0 Å². The van der Waals surface area contributed by atoms with Crippen LogP contribution in [0.4, 0.5) is 0 Å². The molecule has 24 valence electrons. The summed E-state index contributed by atoms with van der Waals surface area (Å²) in [4.78, 5) is 0. The van der Waals surface area contributed by atoms with Crippen LogP contribution in [0.5, 0.6) is 0 Å². The maximum absolute atomic E-state index is 7.85. The first kappa shape index (κ1) is 4.11. The summed E-state index contributed by atoms with van der Waals surface area (Å²) in [6, 6.07) is 0. The average molecular weight is 92.2 g/mol. The lowest BCUT2D eigenvalue weighted by Gasteiger charge is -1.64. The molecular weight excluding hydrogens is 88.2 g/mol. The first-order valence-electron chi connectivity index (χ1n) is 0.928. The number of aliphatic hydroxyl groups excluding tert-OH is 1. The molecule has 0 aliphatic heterocycles. The van der Waals surface area contributed by atoms with Crippen molar-refractivity contribution in [2.24, 2.45) is 0 Å². The van der Waals surface area contributed by atoms with Gasteiger partial charge in [-0.1, -0.05) is 12.2 Å². The van der Waals surface area contributed by atoms with Gasteiger partial charge < -0.3 is 5.11 Å². The molecule has 0 fully saturated rings. The van der Waals surface area contributed by atoms with E-state index >= 15 is 0 Å². The van der Waals surface area contributed by atoms with Crippen molar-refractivity contribution in [3.05, 3.63) is 0 Å². The van der Waals surface area contributed by atoms with Gasteiger partial charge in [0.05, 0.1) is 10.2 Å². The Balaban J connectivity index is 2.80. The molecule has 0 bridgehead atoms. The molecule has 0 aromatic rings. The molecule has 3 heteroatoms. The molecule has 0 atom stereocenters. The van der Waals surface area contributed by atoms with Crippen LogP contribution in [0, 0.1) is 0 Å². The van der Waals surface area contributed by atoms with Crippen molar-refractivity contribution in [3.63, 3.8) is 0 Å². The van der Waals surface area contributed by atoms with Gasteiger partial charge in [-0.15, -0.1) is 0 Å². The average Bonchev–Trinajstić information content (AvgIpc) is 0.811. The van der Waals surface area contributed by atoms with Gasteiger partial charge in [0.25, 0.3) is 0 Å². The second kappa shape index (κ2) is 1.43. The third-order valence-electron chi connectivity index (χ3n) is 0. The van der Waals surface area contributed by atoms with E-state index in [2.05, 4.69) is 12.2 Å². The summed E-state index contributed by atoms with van der Waals surface area (Å²) in [5.41, 5.74) is 0. The molecule has 0 saturated heterocycles. The summed E-state index contributed by atoms with van der Waals surface area (Å²) >= 11 is 4.15. The fraction of sp³-hybridized carbons (Fsp3) is 0. The van der Waals surface area contributed by atoms with E-state index in [1.54, 1.807) is 0 Å². The van der Waals surface area contributed by atoms with Gasteiger partial charge in [0.1, 0.15) is 4.67 Å². The Morgan fingerprint density at radius 2 is 2.00 bits per heavy atom. The number of aliphatic hydroxyl groups is 1. The van der Waals surface area contributed by atoms with Gasteiger partial charge in [-0.3, -0.25) is 0 Å². The predicted octanol–water partition coefficient (Wildman–Crippen LogP) is -0.805. The molecule has 4 heavy (non-hydrogen) atoms. The van der Waals surface area contributed by atoms with E-state index in [0.29, 0.717) is 10.2 Å². The fourth-order valence-electron chi connectivity index (χ4n) is 0. The monoisotopic (exact) mass is 92.0 g/mol. The number of hydrogen-bond donors (Lipinski definition) is 1. The molecule has 0 saturated carbocycles. The van der Waals surface area contributed by atoms with E-state index in [1.807, 2.05) is 0 Å². The first-order chi connectivity index (χ1) is 1.73. The van der Waals surface area contributed by atoms with Gasteiger partial charge in [0, 0.05) is 0 Å². The Labute approximate surface area is 33.1 Å². The van der Waals surface area contributed by atoms with Crippen LogP contribution in [0.15, 0.2) is 0 Å². The third-order valence-corrected chi connectivity index (χ3v) is 0. The lowest BCUT2D eigenvalue weighted by Crippen LogP contribution is -1.82. The summed E-state index contributed by atoms with van der Waals surface area (Å²) in [7, 11) is 0.636. The van der Waals surface area contributed by atoms with Gasteiger partial charge in [-0.2, -0.15) is 0 Å². The van der Waals surface area contributed by atoms with E-state index in [0.717, 1.165) is 0 Å². The summed E-state index contributed by atoms with van der Waals surface area (Å²) in [6.07, 6.45) is 0. The van der Waals surface area contributed by atoms with Crippen LogP contribution in [-0.4, -0.2) is 20.0 Å². The minimum atomic E-state index is 0.139. The highest BCUT2D eigenvalue weighted by molar-refractivity contribution is 7.82. The second-order valence-electron chi connectivity index (χ2n) is 0.519. The maximum atomic E-state index is 7.85. The van der Waals surface area contributed by atoms with Gasteiger partial charge in [0.15, 0.2) is 0 Å². The van der Waals surface area contributed by atoms with E-state index in [4.69, 9.17) is 5.11 Å². The van der Waals surface area contributed by atoms with E-state index in [9.17, 15) is 0 Å². The quantitative estimate of drug-likeness (QED) is 0.312. The Kier molecular flexibility index (Phi) is 1.47. The second-order valence-corrected chi connectivity index (χ2v) is 2.78. The zero-order valence-corrected chi connectivity index (χ0v) is 5.17. The van der Waals surface area contributed by atoms with Crippen molar-refractivity contribution in [1.29, 1.82) is 0 Å². The molecule has 0 aromatic carbocycles. The van der Waals surface area contributed by atoms with Crippen LogP contribution in [0.1, 0.15) is 0 Å². The number of hydrogen-bond acceptors (Lipinski definition) is 1. The smallest absolute Gasteiger partial charge is 0.120 e. The lowest BCUT2D eigenvalue weighted by atomic mass is 11.7. The van der Waals surface area contributed by atoms with Gasteiger partial charge in [0.2, 0.25) is 0 Å². The van der Waals surface area contributed by atoms with E-state index in [-0.39, 0.29) is 4.67 Å². The van der Waals surface area contributed by atoms with Crippen molar-refractivity contribution in [2.45, 2.75) is 0 Å². The summed E-state index contributed by atoms with van der Waals surface area (Å²) in [5.74, 6) is 0. The van der Waals surface area contributed by atoms with Crippen LogP contribution in [0.25, 0.3) is 0 Å². The Bertz CT molecular complexity index is 31.0. The summed E-state index contributed by atoms with van der Waals surface area (Å²) in [5, 5.41) is 7.85. The molecule has 0 heterocycles. The Hall–Kier alpha value is 0.107. The lowest BCUT2D eigenvalue weighted by molar-refractivity contribution is 0.583. The highest BCUT2D eigenvalue weighted by Crippen LogP contribution is 1.46. The molecule has 0 aromatic heterocycles. The van der Waals surface area contributed by atoms with Crippen LogP contribution >= 0.6 is 12.2 Å². The highest BCUT2D eigenvalue weighted by atomic mass is 32.1. The maximum Gasteiger partial charge on any atom is 0.120 e. The van der Waals surface area contributed by atoms with Crippen molar-refractivity contribution in [2.75, 3.05) is 0 Å². The molecule has 0 unspecified atom stereocenters. The third kappa shape index (κ3) is 226. The largest absolute Gasteiger partial charge is 0.508 e. The standard InChI is InChI=1S/CH4OSSi/c2-1(3)4/h4H3,(H,2,3). The van der Waals surface area contributed by atoms with Crippen molar-refractivity contribution < 1.29 is 5.11 Å². The van der Waals surface area contributed by atoms with Gasteiger partial charge in [-0.05, 0) is 0 Å². The Morgan fingerprint density at radius 3 is 2.00 bits per heavy atom. The molecular formula is CH4OSSi. The first-order valence-corrected chi connectivity index (χ1v) is 2.34. The minimum absolute atomic E-state index is 0.139. The predicted molar refractivity (Wildman–Crippen MR) is 25.2 cm³/mol. The zero-order valence-electron chi connectivity index (χ0n) is 2.36. The molecule has 0 aliphatic rings. The van der Waals surface area contributed by atoms with Crippen LogP contribution in [0.2, 0.25) is 0 Å². The SMILES string of the molecule is OC([SiH3])=S. The molecule has 0 amide bonds. The Morgan fingerprint density at radius 1 is 2.00 bits per heavy atom. The van der Waals surface area contributed by atoms with Crippen molar-refractivity contribution >= 4 is 27.1 Å². The fourth-order valence-corrected chi connectivity index (χ4v) is 0. The normalized spacial score (nSPS) is 7.00. The summed E-state index contributed by atoms with van der Waals surface area (Å²) in [6.45, 7) is 0. The van der Waals surface area contributed by atoms with Gasteiger partial charge >= 0.3 is 0 Å². The topological polar surface area (TPSA) is 20.2 Å². The van der Waals surface area contributed by atoms with Crippen molar-refractivity contribution in [1.82, 2.24) is 0 Å². The number of thiocarbonyl (C=S) groups is 1. The van der Waals surface area contributed by atoms with Crippen LogP contribution in [0.3, 0.4) is 0 Å². The molecule has 0 aliphatic carbocycles. The molecule has 1 N–H and O–H groups in total. The molecule has 0 spiro atoms.